The fourth-order valence-corrected chi connectivity index (χ4v) is 3.82. The average molecular weight is 346 g/mol. The number of rotatable bonds is 6. The molecule has 0 aromatic heterocycles. The highest BCUT2D eigenvalue weighted by atomic mass is 32.2. The van der Waals surface area contributed by atoms with Crippen molar-refractivity contribution >= 4 is 46.7 Å². The molecule has 2 N–H and O–H groups in total. The van der Waals surface area contributed by atoms with Gasteiger partial charge in [-0.3, -0.25) is 9.59 Å². The molecule has 0 unspecified atom stereocenters. The number of anilines is 2. The largest absolute Gasteiger partial charge is 0.326 e. The van der Waals surface area contributed by atoms with Crippen molar-refractivity contribution in [3.63, 3.8) is 0 Å². The van der Waals surface area contributed by atoms with Crippen LogP contribution in [-0.4, -0.2) is 16.9 Å². The lowest BCUT2D eigenvalue weighted by molar-refractivity contribution is -0.115. The van der Waals surface area contributed by atoms with Gasteiger partial charge in [0.15, 0.2) is 0 Å². The molecule has 0 radical (unpaired) electrons. The smallest absolute Gasteiger partial charge is 0.221 e. The minimum Gasteiger partial charge on any atom is -0.326 e. The van der Waals surface area contributed by atoms with Crippen molar-refractivity contribution in [3.05, 3.63) is 48.5 Å². The molecule has 0 aliphatic rings. The zero-order valence-corrected chi connectivity index (χ0v) is 14.6. The zero-order chi connectivity index (χ0) is 16.7. The van der Waals surface area contributed by atoms with Gasteiger partial charge in [0.2, 0.25) is 11.8 Å². The number of hydrogen-bond acceptors (Lipinski definition) is 4. The van der Waals surface area contributed by atoms with Crippen LogP contribution in [-0.2, 0) is 9.59 Å². The molecule has 0 atom stereocenters. The fourth-order valence-electron chi connectivity index (χ4n) is 1.84. The second kappa shape index (κ2) is 8.64. The van der Waals surface area contributed by atoms with Crippen LogP contribution in [0.4, 0.5) is 11.4 Å². The Hall–Kier alpha value is -1.92. The average Bonchev–Trinajstić information content (AvgIpc) is 2.50. The maximum atomic E-state index is 11.0. The van der Waals surface area contributed by atoms with Crippen LogP contribution in [0.5, 0.6) is 0 Å². The van der Waals surface area contributed by atoms with Gasteiger partial charge in [-0.15, -0.1) is 23.5 Å². The van der Waals surface area contributed by atoms with E-state index in [-0.39, 0.29) is 11.8 Å². The van der Waals surface area contributed by atoms with E-state index in [1.807, 2.05) is 48.5 Å². The lowest BCUT2D eigenvalue weighted by atomic mass is 10.3. The predicted octanol–water partition coefficient (Wildman–Crippen LogP) is 4.45. The molecule has 0 aliphatic carbocycles. The lowest BCUT2D eigenvalue weighted by Gasteiger charge is -2.06. The number of hydrogen-bond donors (Lipinski definition) is 2. The quantitative estimate of drug-likeness (QED) is 0.599. The Balaban J connectivity index is 1.80. The van der Waals surface area contributed by atoms with Crippen LogP contribution in [0.3, 0.4) is 0 Å². The van der Waals surface area contributed by atoms with E-state index in [0.717, 1.165) is 26.3 Å². The topological polar surface area (TPSA) is 58.2 Å². The van der Waals surface area contributed by atoms with Crippen LogP contribution in [0.15, 0.2) is 58.3 Å². The van der Waals surface area contributed by atoms with Crippen molar-refractivity contribution in [3.8, 4) is 0 Å². The monoisotopic (exact) mass is 346 g/mol. The molecular formula is C17H18N2O2S2. The van der Waals surface area contributed by atoms with E-state index in [0.29, 0.717) is 0 Å². The van der Waals surface area contributed by atoms with Gasteiger partial charge in [-0.1, -0.05) is 0 Å². The third-order valence-corrected chi connectivity index (χ3v) is 4.95. The summed E-state index contributed by atoms with van der Waals surface area (Å²) >= 11 is 3.48. The molecule has 0 saturated carbocycles. The Morgan fingerprint density at radius 3 is 1.39 bits per heavy atom. The van der Waals surface area contributed by atoms with Gasteiger partial charge in [-0.05, 0) is 48.5 Å². The summed E-state index contributed by atoms with van der Waals surface area (Å²) in [5, 5.41) is 6.39. The first-order chi connectivity index (χ1) is 11.0. The summed E-state index contributed by atoms with van der Waals surface area (Å²) in [4.78, 5) is 24.2. The second-order valence-corrected chi connectivity index (χ2v) is 7.28. The van der Waals surface area contributed by atoms with Crippen LogP contribution in [0.1, 0.15) is 13.8 Å². The van der Waals surface area contributed by atoms with Crippen molar-refractivity contribution in [2.24, 2.45) is 0 Å². The third kappa shape index (κ3) is 6.38. The zero-order valence-electron chi connectivity index (χ0n) is 13.0. The minimum absolute atomic E-state index is 0.0660. The van der Waals surface area contributed by atoms with Crippen LogP contribution in [0.2, 0.25) is 0 Å². The summed E-state index contributed by atoms with van der Waals surface area (Å²) < 4.78 is 0. The Bertz CT molecular complexity index is 610. The van der Waals surface area contributed by atoms with Gasteiger partial charge in [-0.2, -0.15) is 0 Å². The van der Waals surface area contributed by atoms with Crippen molar-refractivity contribution in [2.45, 2.75) is 23.6 Å². The molecule has 0 spiro atoms. The van der Waals surface area contributed by atoms with E-state index in [2.05, 4.69) is 10.6 Å². The van der Waals surface area contributed by atoms with Crippen LogP contribution < -0.4 is 10.6 Å². The Labute approximate surface area is 144 Å². The normalized spacial score (nSPS) is 10.2. The van der Waals surface area contributed by atoms with Crippen molar-refractivity contribution in [2.75, 3.05) is 15.7 Å². The number of carbonyl (C=O) groups is 2. The highest BCUT2D eigenvalue weighted by Crippen LogP contribution is 2.29. The minimum atomic E-state index is -0.0660. The lowest BCUT2D eigenvalue weighted by Crippen LogP contribution is -2.05. The summed E-state index contributed by atoms with van der Waals surface area (Å²) in [6, 6.07) is 15.6. The molecule has 2 aromatic carbocycles. The van der Waals surface area contributed by atoms with Gasteiger partial charge in [0, 0.05) is 40.1 Å². The third-order valence-electron chi connectivity index (χ3n) is 2.80. The molecule has 4 nitrogen and oxygen atoms in total. The van der Waals surface area contributed by atoms with Gasteiger partial charge in [0.1, 0.15) is 0 Å². The molecule has 6 heteroatoms. The van der Waals surface area contributed by atoms with Gasteiger partial charge in [-0.25, -0.2) is 0 Å². The van der Waals surface area contributed by atoms with Crippen LogP contribution >= 0.6 is 23.5 Å². The molecule has 120 valence electrons. The molecule has 0 fully saturated rings. The van der Waals surface area contributed by atoms with E-state index in [1.54, 1.807) is 23.5 Å². The maximum absolute atomic E-state index is 11.0. The fraction of sp³-hybridized carbons (Fsp3) is 0.176. The molecule has 0 bridgehead atoms. The van der Waals surface area contributed by atoms with E-state index < -0.39 is 0 Å². The summed E-state index contributed by atoms with van der Waals surface area (Å²) in [7, 11) is 0. The number of thioether (sulfide) groups is 2. The van der Waals surface area contributed by atoms with Gasteiger partial charge in [0.25, 0.3) is 0 Å². The van der Waals surface area contributed by atoms with Gasteiger partial charge in [0.05, 0.1) is 0 Å². The molecule has 23 heavy (non-hydrogen) atoms. The molecule has 2 rings (SSSR count). The summed E-state index contributed by atoms with van der Waals surface area (Å²) in [5.74, 6) is -0.132. The van der Waals surface area contributed by atoms with E-state index in [4.69, 9.17) is 0 Å². The number of amides is 2. The number of benzene rings is 2. The maximum Gasteiger partial charge on any atom is 0.221 e. The van der Waals surface area contributed by atoms with Crippen molar-refractivity contribution in [1.82, 2.24) is 0 Å². The van der Waals surface area contributed by atoms with E-state index in [9.17, 15) is 9.59 Å². The summed E-state index contributed by atoms with van der Waals surface area (Å²) in [6.07, 6.45) is 0. The Morgan fingerprint density at radius 2 is 1.09 bits per heavy atom. The van der Waals surface area contributed by atoms with Gasteiger partial charge < -0.3 is 10.6 Å². The molecule has 0 aliphatic heterocycles. The highest BCUT2D eigenvalue weighted by Gasteiger charge is 2.00. The van der Waals surface area contributed by atoms with Gasteiger partial charge >= 0.3 is 0 Å². The highest BCUT2D eigenvalue weighted by molar-refractivity contribution is 8.16. The summed E-state index contributed by atoms with van der Waals surface area (Å²) in [6.45, 7) is 2.99. The Kier molecular flexibility index (Phi) is 6.55. The molecule has 0 saturated heterocycles. The SMILES string of the molecule is CC(=O)Nc1ccc(SCSc2ccc(NC(C)=O)cc2)cc1. The van der Waals surface area contributed by atoms with Crippen molar-refractivity contribution < 1.29 is 9.59 Å². The molecule has 0 heterocycles. The van der Waals surface area contributed by atoms with Crippen molar-refractivity contribution in [1.29, 1.82) is 0 Å². The van der Waals surface area contributed by atoms with E-state index in [1.165, 1.54) is 13.8 Å². The van der Waals surface area contributed by atoms with E-state index >= 15 is 0 Å². The molecule has 2 amide bonds. The Morgan fingerprint density at radius 1 is 0.739 bits per heavy atom. The first kappa shape index (κ1) is 17.4. The number of nitrogens with one attached hydrogen (secondary N) is 2. The predicted molar refractivity (Wildman–Crippen MR) is 98.1 cm³/mol. The first-order valence-corrected chi connectivity index (χ1v) is 9.01. The molecule has 2 aromatic rings. The first-order valence-electron chi connectivity index (χ1n) is 7.04. The molecular weight excluding hydrogens is 328 g/mol. The van der Waals surface area contributed by atoms with Crippen LogP contribution in [0.25, 0.3) is 0 Å². The standard InChI is InChI=1S/C17H18N2O2S2/c1-12(20)18-14-3-7-16(8-4-14)22-11-23-17-9-5-15(6-10-17)19-13(2)21/h3-10H,11H2,1-2H3,(H,18,20)(H,19,21). The number of carbonyl (C=O) groups excluding carboxylic acids is 2. The van der Waals surface area contributed by atoms with Crippen LogP contribution in [0, 0.1) is 0 Å². The summed E-state index contributed by atoms with van der Waals surface area (Å²) in [5.41, 5.74) is 1.62. The second-order valence-electron chi connectivity index (χ2n) is 4.82.